The third kappa shape index (κ3) is 1.36. The SMILES string of the molecule is [NH3+][C@@H]1CCO[C@@H]1c1ccccc1. The van der Waals surface area contributed by atoms with Crippen LogP contribution in [0.25, 0.3) is 0 Å². The van der Waals surface area contributed by atoms with Crippen LogP contribution in [-0.4, -0.2) is 12.6 Å². The predicted molar refractivity (Wildman–Crippen MR) is 46.4 cm³/mol. The van der Waals surface area contributed by atoms with Crippen LogP contribution in [0, 0.1) is 0 Å². The van der Waals surface area contributed by atoms with E-state index in [9.17, 15) is 0 Å². The summed E-state index contributed by atoms with van der Waals surface area (Å²) in [5.41, 5.74) is 5.33. The molecule has 12 heavy (non-hydrogen) atoms. The third-order valence-corrected chi connectivity index (χ3v) is 2.34. The van der Waals surface area contributed by atoms with Gasteiger partial charge in [0.25, 0.3) is 0 Å². The molecule has 1 fully saturated rings. The molecule has 0 amide bonds. The zero-order chi connectivity index (χ0) is 8.39. The zero-order valence-corrected chi connectivity index (χ0v) is 7.07. The van der Waals surface area contributed by atoms with E-state index >= 15 is 0 Å². The highest BCUT2D eigenvalue weighted by Gasteiger charge is 2.28. The Hall–Kier alpha value is -0.860. The largest absolute Gasteiger partial charge is 0.367 e. The summed E-state index contributed by atoms with van der Waals surface area (Å²) in [5.74, 6) is 0. The number of quaternary nitrogens is 1. The van der Waals surface area contributed by atoms with Crippen molar-refractivity contribution in [3.8, 4) is 0 Å². The fourth-order valence-electron chi connectivity index (χ4n) is 1.64. The molecular weight excluding hydrogens is 150 g/mol. The van der Waals surface area contributed by atoms with Crippen molar-refractivity contribution < 1.29 is 10.5 Å². The average Bonchev–Trinajstić information content (AvgIpc) is 2.53. The van der Waals surface area contributed by atoms with Gasteiger partial charge >= 0.3 is 0 Å². The summed E-state index contributed by atoms with van der Waals surface area (Å²) in [6.07, 6.45) is 1.31. The van der Waals surface area contributed by atoms with E-state index in [1.54, 1.807) is 0 Å². The van der Waals surface area contributed by atoms with Gasteiger partial charge in [-0.1, -0.05) is 30.3 Å². The van der Waals surface area contributed by atoms with Crippen molar-refractivity contribution in [1.82, 2.24) is 0 Å². The van der Waals surface area contributed by atoms with Crippen LogP contribution in [-0.2, 0) is 4.74 Å². The smallest absolute Gasteiger partial charge is 0.134 e. The van der Waals surface area contributed by atoms with Crippen molar-refractivity contribution in [3.05, 3.63) is 35.9 Å². The zero-order valence-electron chi connectivity index (χ0n) is 7.07. The summed E-state index contributed by atoms with van der Waals surface area (Å²) in [5, 5.41) is 0. The van der Waals surface area contributed by atoms with Crippen LogP contribution in [0.3, 0.4) is 0 Å². The Bertz CT molecular complexity index is 247. The Morgan fingerprint density at radius 2 is 2.00 bits per heavy atom. The summed E-state index contributed by atoms with van der Waals surface area (Å²) in [6.45, 7) is 0.855. The van der Waals surface area contributed by atoms with Crippen LogP contribution in [0.1, 0.15) is 18.1 Å². The summed E-state index contributed by atoms with van der Waals surface area (Å²) >= 11 is 0. The van der Waals surface area contributed by atoms with Gasteiger partial charge < -0.3 is 10.5 Å². The predicted octanol–water partition coefficient (Wildman–Crippen LogP) is 0.758. The summed E-state index contributed by atoms with van der Waals surface area (Å²) in [6, 6.07) is 10.7. The maximum atomic E-state index is 5.59. The molecule has 1 aromatic rings. The molecule has 2 rings (SSSR count). The molecule has 2 nitrogen and oxygen atoms in total. The molecule has 0 unspecified atom stereocenters. The number of rotatable bonds is 1. The second kappa shape index (κ2) is 3.25. The molecule has 1 heterocycles. The molecule has 1 aliphatic rings. The molecule has 3 N–H and O–H groups in total. The maximum Gasteiger partial charge on any atom is 0.134 e. The minimum atomic E-state index is 0.228. The Morgan fingerprint density at radius 3 is 2.58 bits per heavy atom. The van der Waals surface area contributed by atoms with E-state index in [1.165, 1.54) is 5.56 Å². The summed E-state index contributed by atoms with van der Waals surface area (Å²) < 4.78 is 5.59. The Kier molecular flexibility index (Phi) is 2.11. The molecule has 0 aromatic heterocycles. The van der Waals surface area contributed by atoms with E-state index in [0.29, 0.717) is 6.04 Å². The molecule has 0 saturated carbocycles. The third-order valence-electron chi connectivity index (χ3n) is 2.34. The van der Waals surface area contributed by atoms with Gasteiger partial charge in [-0.2, -0.15) is 0 Å². The molecule has 2 heteroatoms. The van der Waals surface area contributed by atoms with Crippen molar-refractivity contribution in [2.45, 2.75) is 18.6 Å². The average molecular weight is 164 g/mol. The monoisotopic (exact) mass is 164 g/mol. The molecule has 1 saturated heterocycles. The van der Waals surface area contributed by atoms with Gasteiger partial charge in [0, 0.05) is 6.42 Å². The van der Waals surface area contributed by atoms with Crippen LogP contribution in [0.2, 0.25) is 0 Å². The van der Waals surface area contributed by atoms with Gasteiger partial charge in [0.05, 0.1) is 6.61 Å². The van der Waals surface area contributed by atoms with Gasteiger partial charge in [0.15, 0.2) is 0 Å². The first-order chi connectivity index (χ1) is 5.88. The van der Waals surface area contributed by atoms with Crippen LogP contribution >= 0.6 is 0 Å². The first kappa shape index (κ1) is 7.77. The normalized spacial score (nSPS) is 29.1. The van der Waals surface area contributed by atoms with Crippen molar-refractivity contribution in [2.75, 3.05) is 6.61 Å². The van der Waals surface area contributed by atoms with Gasteiger partial charge in [0.2, 0.25) is 0 Å². The Morgan fingerprint density at radius 1 is 1.25 bits per heavy atom. The lowest BCUT2D eigenvalue weighted by Crippen LogP contribution is -2.61. The van der Waals surface area contributed by atoms with E-state index < -0.39 is 0 Å². The van der Waals surface area contributed by atoms with Crippen molar-refractivity contribution in [2.24, 2.45) is 0 Å². The lowest BCUT2D eigenvalue weighted by Gasteiger charge is -2.11. The fraction of sp³-hybridized carbons (Fsp3) is 0.400. The minimum Gasteiger partial charge on any atom is -0.367 e. The van der Waals surface area contributed by atoms with E-state index in [2.05, 4.69) is 17.9 Å². The Balaban J connectivity index is 2.19. The second-order valence-electron chi connectivity index (χ2n) is 3.25. The van der Waals surface area contributed by atoms with Crippen molar-refractivity contribution in [1.29, 1.82) is 0 Å². The molecule has 0 radical (unpaired) electrons. The molecule has 0 bridgehead atoms. The van der Waals surface area contributed by atoms with Gasteiger partial charge in [-0.25, -0.2) is 0 Å². The first-order valence-corrected chi connectivity index (χ1v) is 4.37. The van der Waals surface area contributed by atoms with Crippen molar-refractivity contribution in [3.63, 3.8) is 0 Å². The summed E-state index contributed by atoms with van der Waals surface area (Å²) in [4.78, 5) is 0. The van der Waals surface area contributed by atoms with Gasteiger partial charge in [-0.15, -0.1) is 0 Å². The highest BCUT2D eigenvalue weighted by molar-refractivity contribution is 5.19. The summed E-state index contributed by atoms with van der Waals surface area (Å²) in [7, 11) is 0. The quantitative estimate of drug-likeness (QED) is 0.653. The van der Waals surface area contributed by atoms with Gasteiger partial charge in [-0.3, -0.25) is 0 Å². The number of benzene rings is 1. The molecule has 1 aliphatic heterocycles. The minimum absolute atomic E-state index is 0.228. The van der Waals surface area contributed by atoms with Crippen LogP contribution in [0.15, 0.2) is 30.3 Å². The number of ether oxygens (including phenoxy) is 1. The van der Waals surface area contributed by atoms with Crippen molar-refractivity contribution >= 4 is 0 Å². The fourth-order valence-corrected chi connectivity index (χ4v) is 1.64. The molecular formula is C10H14NO+. The maximum absolute atomic E-state index is 5.59. The standard InChI is InChI=1S/C10H13NO/c11-9-6-7-12-10(9)8-4-2-1-3-5-8/h1-5,9-10H,6-7,11H2/p+1/t9-,10-/m1/s1. The van der Waals surface area contributed by atoms with Crippen LogP contribution < -0.4 is 5.73 Å². The molecule has 2 atom stereocenters. The highest BCUT2D eigenvalue weighted by Crippen LogP contribution is 2.25. The topological polar surface area (TPSA) is 36.9 Å². The first-order valence-electron chi connectivity index (χ1n) is 4.37. The van der Waals surface area contributed by atoms with E-state index in [0.717, 1.165) is 13.0 Å². The van der Waals surface area contributed by atoms with Gasteiger partial charge in [-0.05, 0) is 5.56 Å². The van der Waals surface area contributed by atoms with Crippen LogP contribution in [0.5, 0.6) is 0 Å². The van der Waals surface area contributed by atoms with E-state index in [4.69, 9.17) is 4.74 Å². The molecule has 1 aromatic carbocycles. The number of hydrogen-bond acceptors (Lipinski definition) is 1. The molecule has 0 aliphatic carbocycles. The molecule has 64 valence electrons. The molecule has 0 spiro atoms. The van der Waals surface area contributed by atoms with E-state index in [1.807, 2.05) is 18.2 Å². The lowest BCUT2D eigenvalue weighted by atomic mass is 10.0. The lowest BCUT2D eigenvalue weighted by molar-refractivity contribution is -0.428. The Labute approximate surface area is 72.3 Å². The second-order valence-corrected chi connectivity index (χ2v) is 3.25. The number of hydrogen-bond donors (Lipinski definition) is 1. The highest BCUT2D eigenvalue weighted by atomic mass is 16.5. The van der Waals surface area contributed by atoms with Gasteiger partial charge in [0.1, 0.15) is 12.1 Å². The van der Waals surface area contributed by atoms with Crippen LogP contribution in [0.4, 0.5) is 0 Å². The van der Waals surface area contributed by atoms with E-state index in [-0.39, 0.29) is 6.10 Å².